The lowest BCUT2D eigenvalue weighted by Crippen LogP contribution is -2.38. The zero-order valence-electron chi connectivity index (χ0n) is 13.8. The molecule has 0 atom stereocenters. The van der Waals surface area contributed by atoms with Crippen LogP contribution in [0.3, 0.4) is 0 Å². The highest BCUT2D eigenvalue weighted by Gasteiger charge is 2.20. The maximum Gasteiger partial charge on any atom is 0.290 e. The van der Waals surface area contributed by atoms with E-state index in [4.69, 9.17) is 9.90 Å². The van der Waals surface area contributed by atoms with E-state index in [1.165, 1.54) is 10.8 Å². The highest BCUT2D eigenvalue weighted by Crippen LogP contribution is 2.22. The van der Waals surface area contributed by atoms with E-state index >= 15 is 0 Å². The van der Waals surface area contributed by atoms with Gasteiger partial charge in [0, 0.05) is 38.1 Å². The second kappa shape index (κ2) is 8.86. The van der Waals surface area contributed by atoms with Gasteiger partial charge in [0.25, 0.3) is 6.47 Å². The molecule has 0 unspecified atom stereocenters. The van der Waals surface area contributed by atoms with Crippen molar-refractivity contribution in [3.05, 3.63) is 36.5 Å². The molecule has 3 rings (SSSR count). The Hall–Kier alpha value is -2.63. The Morgan fingerprint density at radius 2 is 2.00 bits per heavy atom. The van der Waals surface area contributed by atoms with Crippen molar-refractivity contribution in [2.24, 2.45) is 5.92 Å². The number of piperidine rings is 1. The van der Waals surface area contributed by atoms with Gasteiger partial charge in [0.05, 0.1) is 0 Å². The van der Waals surface area contributed by atoms with E-state index in [-0.39, 0.29) is 12.4 Å². The number of rotatable bonds is 3. The molecule has 0 radical (unpaired) electrons. The maximum absolute atomic E-state index is 11.3. The zero-order chi connectivity index (χ0) is 17.4. The molecule has 24 heavy (non-hydrogen) atoms. The van der Waals surface area contributed by atoms with Crippen molar-refractivity contribution >= 4 is 29.0 Å². The Balaban J connectivity index is 0.000000647. The topological polar surface area (TPSA) is 82.5 Å². The Morgan fingerprint density at radius 3 is 2.67 bits per heavy atom. The minimum Gasteiger partial charge on any atom is -0.483 e. The number of aromatic nitrogens is 1. The molecule has 2 N–H and O–H groups in total. The number of carbonyl (C=O) groups excluding carboxylic acids is 1. The third-order valence-corrected chi connectivity index (χ3v) is 4.29. The number of pyridine rings is 1. The lowest BCUT2D eigenvalue weighted by atomic mass is 9.96. The van der Waals surface area contributed by atoms with Crippen LogP contribution in [0, 0.1) is 5.92 Å². The average molecular weight is 329 g/mol. The minimum absolute atomic E-state index is 0.192. The van der Waals surface area contributed by atoms with E-state index in [2.05, 4.69) is 22.4 Å². The van der Waals surface area contributed by atoms with E-state index in [0.29, 0.717) is 5.92 Å². The molecule has 2 aromatic rings. The number of hydrogen-bond acceptors (Lipinski definition) is 4. The quantitative estimate of drug-likeness (QED) is 0.846. The van der Waals surface area contributed by atoms with Crippen LogP contribution in [0.15, 0.2) is 36.5 Å². The van der Waals surface area contributed by atoms with Crippen LogP contribution in [0.1, 0.15) is 19.8 Å². The van der Waals surface area contributed by atoms with Crippen LogP contribution in [-0.2, 0) is 9.59 Å². The van der Waals surface area contributed by atoms with Crippen LogP contribution >= 0.6 is 0 Å². The number of likely N-dealkylation sites (tertiary alicyclic amines) is 1. The molecule has 0 aliphatic carbocycles. The standard InChI is InChI=1S/C17H21N3O.CH2O2/c1-13(21)20-10-7-14(8-11-20)12-19-17-16-5-3-2-4-15(16)6-9-18-17;2-1-3/h2-6,9,14H,7-8,10-12H2,1H3,(H,18,19);1H,(H,2,3). The molecule has 1 amide bonds. The Morgan fingerprint density at radius 1 is 1.33 bits per heavy atom. The molecule has 0 saturated carbocycles. The summed E-state index contributed by atoms with van der Waals surface area (Å²) in [5.41, 5.74) is 0. The summed E-state index contributed by atoms with van der Waals surface area (Å²) in [6.07, 6.45) is 3.98. The van der Waals surface area contributed by atoms with E-state index in [1.54, 1.807) is 6.92 Å². The van der Waals surface area contributed by atoms with Crippen LogP contribution in [0.25, 0.3) is 10.8 Å². The molecule has 128 valence electrons. The molecule has 1 fully saturated rings. The molecule has 1 aliphatic rings. The van der Waals surface area contributed by atoms with Crippen molar-refractivity contribution < 1.29 is 14.7 Å². The fourth-order valence-corrected chi connectivity index (χ4v) is 2.95. The monoisotopic (exact) mass is 329 g/mol. The van der Waals surface area contributed by atoms with E-state index in [1.807, 2.05) is 29.3 Å². The molecule has 6 heteroatoms. The first-order chi connectivity index (χ1) is 11.7. The molecule has 1 aromatic heterocycles. The lowest BCUT2D eigenvalue weighted by molar-refractivity contribution is -0.130. The normalized spacial score (nSPS) is 14.6. The van der Waals surface area contributed by atoms with Crippen molar-refractivity contribution in [2.45, 2.75) is 19.8 Å². The lowest BCUT2D eigenvalue weighted by Gasteiger charge is -2.31. The summed E-state index contributed by atoms with van der Waals surface area (Å²) in [6.45, 7) is 4.08. The first kappa shape index (κ1) is 17.7. The number of carbonyl (C=O) groups is 2. The second-order valence-electron chi connectivity index (χ2n) is 5.82. The average Bonchev–Trinajstić information content (AvgIpc) is 2.61. The van der Waals surface area contributed by atoms with Crippen LogP contribution in [0.5, 0.6) is 0 Å². The van der Waals surface area contributed by atoms with E-state index in [9.17, 15) is 4.79 Å². The van der Waals surface area contributed by atoms with Gasteiger partial charge in [-0.15, -0.1) is 0 Å². The third-order valence-electron chi connectivity index (χ3n) is 4.29. The summed E-state index contributed by atoms with van der Waals surface area (Å²) >= 11 is 0. The number of benzene rings is 1. The number of hydrogen-bond donors (Lipinski definition) is 2. The van der Waals surface area contributed by atoms with Crippen molar-refractivity contribution in [3.8, 4) is 0 Å². The van der Waals surface area contributed by atoms with Crippen molar-refractivity contribution in [3.63, 3.8) is 0 Å². The van der Waals surface area contributed by atoms with Crippen LogP contribution in [-0.4, -0.2) is 47.0 Å². The molecular formula is C18H23N3O3. The summed E-state index contributed by atoms with van der Waals surface area (Å²) < 4.78 is 0. The summed E-state index contributed by atoms with van der Waals surface area (Å²) in [5, 5.41) is 12.8. The van der Waals surface area contributed by atoms with Crippen LogP contribution in [0.4, 0.5) is 5.82 Å². The maximum atomic E-state index is 11.3. The van der Waals surface area contributed by atoms with Crippen LogP contribution in [0.2, 0.25) is 0 Å². The number of carboxylic acid groups (broad SMARTS) is 1. The highest BCUT2D eigenvalue weighted by atomic mass is 16.3. The van der Waals surface area contributed by atoms with Crippen LogP contribution < -0.4 is 5.32 Å². The fraction of sp³-hybridized carbons (Fsp3) is 0.389. The number of nitrogens with one attached hydrogen (secondary N) is 1. The predicted molar refractivity (Wildman–Crippen MR) is 93.9 cm³/mol. The minimum atomic E-state index is -0.250. The number of amides is 1. The van der Waals surface area contributed by atoms with Gasteiger partial charge in [-0.2, -0.15) is 0 Å². The molecule has 2 heterocycles. The summed E-state index contributed by atoms with van der Waals surface area (Å²) in [4.78, 5) is 26.1. The molecule has 0 spiro atoms. The molecule has 0 bridgehead atoms. The van der Waals surface area contributed by atoms with Gasteiger partial charge < -0.3 is 15.3 Å². The molecule has 1 aromatic carbocycles. The highest BCUT2D eigenvalue weighted by molar-refractivity contribution is 5.91. The molecule has 6 nitrogen and oxygen atoms in total. The summed E-state index contributed by atoms with van der Waals surface area (Å²) in [6, 6.07) is 10.3. The molecule has 1 aliphatic heterocycles. The van der Waals surface area contributed by atoms with Gasteiger partial charge in [-0.3, -0.25) is 9.59 Å². The van der Waals surface area contributed by atoms with Gasteiger partial charge in [-0.1, -0.05) is 24.3 Å². The van der Waals surface area contributed by atoms with Gasteiger partial charge in [0.1, 0.15) is 5.82 Å². The van der Waals surface area contributed by atoms with E-state index in [0.717, 1.165) is 38.3 Å². The third kappa shape index (κ3) is 4.68. The Kier molecular flexibility index (Phi) is 6.54. The zero-order valence-corrected chi connectivity index (χ0v) is 13.8. The van der Waals surface area contributed by atoms with Crippen molar-refractivity contribution in [2.75, 3.05) is 25.0 Å². The van der Waals surface area contributed by atoms with E-state index < -0.39 is 0 Å². The van der Waals surface area contributed by atoms with Gasteiger partial charge in [-0.05, 0) is 30.2 Å². The van der Waals surface area contributed by atoms with Gasteiger partial charge in [0.2, 0.25) is 5.91 Å². The molecular weight excluding hydrogens is 306 g/mol. The van der Waals surface area contributed by atoms with Crippen molar-refractivity contribution in [1.29, 1.82) is 0 Å². The summed E-state index contributed by atoms with van der Waals surface area (Å²) in [7, 11) is 0. The Labute approximate surface area is 141 Å². The first-order valence-corrected chi connectivity index (χ1v) is 8.06. The van der Waals surface area contributed by atoms with Gasteiger partial charge in [-0.25, -0.2) is 4.98 Å². The molecule has 1 saturated heterocycles. The smallest absolute Gasteiger partial charge is 0.290 e. The number of anilines is 1. The van der Waals surface area contributed by atoms with Crippen molar-refractivity contribution in [1.82, 2.24) is 9.88 Å². The summed E-state index contributed by atoms with van der Waals surface area (Å²) in [5.74, 6) is 1.76. The van der Waals surface area contributed by atoms with Gasteiger partial charge >= 0.3 is 0 Å². The predicted octanol–water partition coefficient (Wildman–Crippen LogP) is 2.61. The van der Waals surface area contributed by atoms with Gasteiger partial charge in [0.15, 0.2) is 0 Å². The second-order valence-corrected chi connectivity index (χ2v) is 5.82. The fourth-order valence-electron chi connectivity index (χ4n) is 2.95. The first-order valence-electron chi connectivity index (χ1n) is 8.06. The number of fused-ring (bicyclic) bond motifs is 1. The SMILES string of the molecule is CC(=O)N1CCC(CNc2nccc3ccccc23)CC1.O=CO. The number of nitrogens with zero attached hydrogens (tertiary/aromatic N) is 2. The largest absolute Gasteiger partial charge is 0.483 e. The Bertz CT molecular complexity index is 677.